The maximum atomic E-state index is 4.44. The Labute approximate surface area is 93.7 Å². The van der Waals surface area contributed by atoms with Gasteiger partial charge in [-0.1, -0.05) is 22.9 Å². The Morgan fingerprint density at radius 2 is 2.21 bits per heavy atom. The summed E-state index contributed by atoms with van der Waals surface area (Å²) in [5.74, 6) is 0.776. The Kier molecular flexibility index (Phi) is 4.32. The van der Waals surface area contributed by atoms with Crippen molar-refractivity contribution in [3.63, 3.8) is 0 Å². The number of hydrogen-bond donors (Lipinski definition) is 0. The predicted octanol–water partition coefficient (Wildman–Crippen LogP) is 2.26. The molecule has 1 atom stereocenters. The lowest BCUT2D eigenvalue weighted by Crippen LogP contribution is -2.14. The Morgan fingerprint density at radius 1 is 1.50 bits per heavy atom. The maximum absolute atomic E-state index is 4.44. The van der Waals surface area contributed by atoms with E-state index >= 15 is 0 Å². The smallest absolute Gasteiger partial charge is 0.224 e. The first-order valence-corrected chi connectivity index (χ1v) is 5.68. The fourth-order valence-electron chi connectivity index (χ4n) is 1.08. The van der Waals surface area contributed by atoms with E-state index in [1.165, 1.54) is 0 Å². The molecule has 14 heavy (non-hydrogen) atoms. The summed E-state index contributed by atoms with van der Waals surface area (Å²) in [6, 6.07) is 1.97. The van der Waals surface area contributed by atoms with Crippen molar-refractivity contribution < 1.29 is 0 Å². The minimum Gasteiger partial charge on any atom is -0.347 e. The van der Waals surface area contributed by atoms with Crippen LogP contribution in [-0.2, 0) is 6.42 Å². The number of halogens is 1. The molecule has 0 amide bonds. The first-order valence-electron chi connectivity index (χ1n) is 4.76. The van der Waals surface area contributed by atoms with E-state index in [2.05, 4.69) is 32.8 Å². The summed E-state index contributed by atoms with van der Waals surface area (Å²) in [4.78, 5) is 11.0. The highest BCUT2D eigenvalue weighted by molar-refractivity contribution is 9.09. The zero-order valence-corrected chi connectivity index (χ0v) is 10.5. The van der Waals surface area contributed by atoms with Crippen LogP contribution in [0.2, 0.25) is 0 Å². The van der Waals surface area contributed by atoms with E-state index in [1.807, 2.05) is 31.3 Å². The van der Waals surface area contributed by atoms with Crippen molar-refractivity contribution in [2.45, 2.75) is 24.6 Å². The van der Waals surface area contributed by atoms with Gasteiger partial charge in [0.1, 0.15) is 0 Å². The quantitative estimate of drug-likeness (QED) is 0.776. The third-order valence-corrected chi connectivity index (χ3v) is 2.95. The summed E-state index contributed by atoms with van der Waals surface area (Å²) < 4.78 is 0. The van der Waals surface area contributed by atoms with Crippen molar-refractivity contribution in [3.05, 3.63) is 18.0 Å². The van der Waals surface area contributed by atoms with Crippen molar-refractivity contribution in [2.24, 2.45) is 0 Å². The molecule has 0 saturated carbocycles. The van der Waals surface area contributed by atoms with Gasteiger partial charge in [-0.15, -0.1) is 0 Å². The average Bonchev–Trinajstić information content (AvgIpc) is 2.18. The van der Waals surface area contributed by atoms with Gasteiger partial charge in [-0.2, -0.15) is 0 Å². The molecule has 1 heterocycles. The maximum Gasteiger partial charge on any atom is 0.224 e. The topological polar surface area (TPSA) is 29.0 Å². The molecular formula is C10H16BrN3. The van der Waals surface area contributed by atoms with E-state index in [-0.39, 0.29) is 0 Å². The van der Waals surface area contributed by atoms with Gasteiger partial charge in [-0.3, -0.25) is 0 Å². The second-order valence-electron chi connectivity index (χ2n) is 3.45. The van der Waals surface area contributed by atoms with Crippen molar-refractivity contribution in [1.29, 1.82) is 0 Å². The van der Waals surface area contributed by atoms with Crippen LogP contribution in [0.5, 0.6) is 0 Å². The standard InChI is InChI=1S/C10H16BrN3/c1-4-8(11)7-9-5-6-12-10(13-9)14(2)3/h5-6,8H,4,7H2,1-3H3. The Balaban J connectivity index is 2.73. The Hall–Kier alpha value is -0.640. The monoisotopic (exact) mass is 257 g/mol. The highest BCUT2D eigenvalue weighted by Crippen LogP contribution is 2.12. The molecule has 1 aromatic heterocycles. The van der Waals surface area contributed by atoms with Gasteiger partial charge in [0.25, 0.3) is 0 Å². The number of aromatic nitrogens is 2. The van der Waals surface area contributed by atoms with E-state index in [4.69, 9.17) is 0 Å². The van der Waals surface area contributed by atoms with Crippen LogP contribution in [0.1, 0.15) is 19.0 Å². The minimum absolute atomic E-state index is 0.507. The number of rotatable bonds is 4. The summed E-state index contributed by atoms with van der Waals surface area (Å²) in [6.45, 7) is 2.16. The molecule has 0 spiro atoms. The fourth-order valence-corrected chi connectivity index (χ4v) is 1.42. The molecule has 0 aromatic carbocycles. The van der Waals surface area contributed by atoms with E-state index in [9.17, 15) is 0 Å². The van der Waals surface area contributed by atoms with Gasteiger partial charge in [0.15, 0.2) is 0 Å². The van der Waals surface area contributed by atoms with E-state index in [0.717, 1.165) is 24.5 Å². The van der Waals surface area contributed by atoms with E-state index < -0.39 is 0 Å². The lowest BCUT2D eigenvalue weighted by atomic mass is 10.2. The largest absolute Gasteiger partial charge is 0.347 e. The molecule has 1 aromatic rings. The van der Waals surface area contributed by atoms with Gasteiger partial charge in [-0.05, 0) is 12.5 Å². The highest BCUT2D eigenvalue weighted by Gasteiger charge is 2.05. The van der Waals surface area contributed by atoms with Crippen molar-refractivity contribution in [1.82, 2.24) is 9.97 Å². The molecule has 78 valence electrons. The van der Waals surface area contributed by atoms with Crippen molar-refractivity contribution in [2.75, 3.05) is 19.0 Å². The lowest BCUT2D eigenvalue weighted by Gasteiger charge is -2.11. The molecule has 4 heteroatoms. The van der Waals surface area contributed by atoms with Gasteiger partial charge in [0, 0.05) is 37.2 Å². The zero-order chi connectivity index (χ0) is 10.6. The zero-order valence-electron chi connectivity index (χ0n) is 8.87. The normalized spacial score (nSPS) is 12.6. The van der Waals surface area contributed by atoms with Gasteiger partial charge < -0.3 is 4.90 Å². The first kappa shape index (κ1) is 11.4. The number of anilines is 1. The van der Waals surface area contributed by atoms with E-state index in [0.29, 0.717) is 4.83 Å². The lowest BCUT2D eigenvalue weighted by molar-refractivity contribution is 0.800. The minimum atomic E-state index is 0.507. The number of hydrogen-bond acceptors (Lipinski definition) is 3. The van der Waals surface area contributed by atoms with Gasteiger partial charge in [0.05, 0.1) is 0 Å². The molecule has 0 saturated heterocycles. The van der Waals surface area contributed by atoms with Crippen LogP contribution in [-0.4, -0.2) is 28.9 Å². The molecule has 1 unspecified atom stereocenters. The fraction of sp³-hybridized carbons (Fsp3) is 0.600. The van der Waals surface area contributed by atoms with Crippen LogP contribution in [0.4, 0.5) is 5.95 Å². The Bertz CT molecular complexity index is 288. The summed E-state index contributed by atoms with van der Waals surface area (Å²) in [7, 11) is 3.90. The molecule has 0 fully saturated rings. The van der Waals surface area contributed by atoms with Crippen LogP contribution < -0.4 is 4.90 Å². The molecule has 0 bridgehead atoms. The molecule has 1 rings (SSSR count). The van der Waals surface area contributed by atoms with Gasteiger partial charge in [-0.25, -0.2) is 9.97 Å². The second kappa shape index (κ2) is 5.29. The molecule has 0 aliphatic heterocycles. The molecule has 0 aliphatic carbocycles. The van der Waals surface area contributed by atoms with Crippen LogP contribution in [0, 0.1) is 0 Å². The van der Waals surface area contributed by atoms with Crippen molar-refractivity contribution >= 4 is 21.9 Å². The van der Waals surface area contributed by atoms with Crippen LogP contribution in [0.15, 0.2) is 12.3 Å². The highest BCUT2D eigenvalue weighted by atomic mass is 79.9. The third-order valence-electron chi connectivity index (χ3n) is 1.97. The van der Waals surface area contributed by atoms with Gasteiger partial charge in [0.2, 0.25) is 5.95 Å². The molecular weight excluding hydrogens is 242 g/mol. The van der Waals surface area contributed by atoms with Crippen LogP contribution >= 0.6 is 15.9 Å². The summed E-state index contributed by atoms with van der Waals surface area (Å²) in [5, 5.41) is 0. The molecule has 0 N–H and O–H groups in total. The summed E-state index contributed by atoms with van der Waals surface area (Å²) >= 11 is 3.60. The van der Waals surface area contributed by atoms with Crippen LogP contribution in [0.3, 0.4) is 0 Å². The second-order valence-corrected chi connectivity index (χ2v) is 4.75. The third kappa shape index (κ3) is 3.25. The number of alkyl halides is 1. The molecule has 0 aliphatic rings. The summed E-state index contributed by atoms with van der Waals surface area (Å²) in [6.07, 6.45) is 3.88. The average molecular weight is 258 g/mol. The molecule has 0 radical (unpaired) electrons. The number of nitrogens with zero attached hydrogens (tertiary/aromatic N) is 3. The van der Waals surface area contributed by atoms with Crippen molar-refractivity contribution in [3.8, 4) is 0 Å². The van der Waals surface area contributed by atoms with Crippen LogP contribution in [0.25, 0.3) is 0 Å². The SMILES string of the molecule is CCC(Br)Cc1ccnc(N(C)C)n1. The summed E-state index contributed by atoms with van der Waals surface area (Å²) in [5.41, 5.74) is 1.09. The Morgan fingerprint density at radius 3 is 2.79 bits per heavy atom. The molecule has 3 nitrogen and oxygen atoms in total. The predicted molar refractivity (Wildman–Crippen MR) is 63.1 cm³/mol. The van der Waals surface area contributed by atoms with E-state index in [1.54, 1.807) is 0 Å². The van der Waals surface area contributed by atoms with Gasteiger partial charge >= 0.3 is 0 Å². The first-order chi connectivity index (χ1) is 6.63.